The molecular weight excluding hydrogens is 362 g/mol. The molecule has 1 heterocycles. The van der Waals surface area contributed by atoms with E-state index in [-0.39, 0.29) is 31.0 Å². The zero-order valence-electron chi connectivity index (χ0n) is 16.7. The lowest BCUT2D eigenvalue weighted by Gasteiger charge is -2.17. The predicted octanol–water partition coefficient (Wildman–Crippen LogP) is 2.44. The van der Waals surface area contributed by atoms with Crippen molar-refractivity contribution >= 4 is 5.97 Å². The van der Waals surface area contributed by atoms with Crippen LogP contribution in [0.3, 0.4) is 0 Å². The maximum absolute atomic E-state index is 11.8. The summed E-state index contributed by atoms with van der Waals surface area (Å²) in [5, 5.41) is 19.5. The van der Waals surface area contributed by atoms with E-state index in [0.717, 1.165) is 12.0 Å². The first-order valence-electron chi connectivity index (χ1n) is 9.57. The minimum atomic E-state index is -0.865. The van der Waals surface area contributed by atoms with E-state index in [1.807, 2.05) is 13.8 Å². The Morgan fingerprint density at radius 2 is 2.14 bits per heavy atom. The second-order valence-electron chi connectivity index (χ2n) is 7.28. The zero-order chi connectivity index (χ0) is 20.5. The first-order chi connectivity index (χ1) is 13.5. The summed E-state index contributed by atoms with van der Waals surface area (Å²) in [5.74, 6) is 0.272. The minimum Gasteiger partial charge on any atom is -0.492 e. The number of nitrogens with zero attached hydrogens (tertiary/aromatic N) is 1. The van der Waals surface area contributed by atoms with Crippen LogP contribution in [-0.4, -0.2) is 50.2 Å². The molecule has 0 aromatic heterocycles. The van der Waals surface area contributed by atoms with Crippen LogP contribution in [0.5, 0.6) is 5.75 Å². The molecule has 7 nitrogen and oxygen atoms in total. The van der Waals surface area contributed by atoms with Gasteiger partial charge in [-0.25, -0.2) is 0 Å². The zero-order valence-corrected chi connectivity index (χ0v) is 16.7. The Kier molecular flexibility index (Phi) is 8.71. The number of aliphatic hydroxyl groups excluding tert-OH is 1. The number of hydrogen-bond donors (Lipinski definition) is 1. The standard InChI is InChI=1S/C21H29NO6/c1-14(2)17-10-20(28-21(17)24)18(23)13-26-12-15-5-6-16(11-22)19(9-15)27-8-4-7-25-3/h5-6,9,14,17-18,20,23H,4,7-8,10,12-13H2,1-3H3. The fourth-order valence-corrected chi connectivity index (χ4v) is 3.07. The number of rotatable bonds is 11. The van der Waals surface area contributed by atoms with Gasteiger partial charge in [0.25, 0.3) is 0 Å². The Hall–Kier alpha value is -2.14. The molecule has 0 aliphatic carbocycles. The van der Waals surface area contributed by atoms with Gasteiger partial charge < -0.3 is 24.1 Å². The lowest BCUT2D eigenvalue weighted by atomic mass is 9.91. The van der Waals surface area contributed by atoms with E-state index >= 15 is 0 Å². The molecule has 1 saturated heterocycles. The number of benzene rings is 1. The molecule has 1 aromatic rings. The molecule has 1 aromatic carbocycles. The van der Waals surface area contributed by atoms with Gasteiger partial charge >= 0.3 is 5.97 Å². The van der Waals surface area contributed by atoms with Crippen molar-refractivity contribution in [3.8, 4) is 11.8 Å². The third-order valence-electron chi connectivity index (χ3n) is 4.76. The van der Waals surface area contributed by atoms with Crippen LogP contribution in [0.1, 0.15) is 37.8 Å². The van der Waals surface area contributed by atoms with Gasteiger partial charge in [0.2, 0.25) is 0 Å². The maximum Gasteiger partial charge on any atom is 0.309 e. The molecule has 154 valence electrons. The number of nitriles is 1. The molecule has 1 fully saturated rings. The summed E-state index contributed by atoms with van der Waals surface area (Å²) in [6.45, 7) is 5.30. The van der Waals surface area contributed by atoms with Crippen molar-refractivity contribution < 1.29 is 28.8 Å². The smallest absolute Gasteiger partial charge is 0.309 e. The fourth-order valence-electron chi connectivity index (χ4n) is 3.07. The summed E-state index contributed by atoms with van der Waals surface area (Å²) < 4.78 is 21.5. The molecule has 3 atom stereocenters. The largest absolute Gasteiger partial charge is 0.492 e. The van der Waals surface area contributed by atoms with E-state index in [9.17, 15) is 15.2 Å². The molecule has 1 N–H and O–H groups in total. The number of esters is 1. The third-order valence-corrected chi connectivity index (χ3v) is 4.76. The molecule has 1 aliphatic heterocycles. The van der Waals surface area contributed by atoms with Crippen LogP contribution >= 0.6 is 0 Å². The Morgan fingerprint density at radius 3 is 2.79 bits per heavy atom. The van der Waals surface area contributed by atoms with Crippen LogP contribution in [0.4, 0.5) is 0 Å². The van der Waals surface area contributed by atoms with Gasteiger partial charge in [-0.15, -0.1) is 0 Å². The highest BCUT2D eigenvalue weighted by molar-refractivity contribution is 5.75. The molecule has 0 amide bonds. The summed E-state index contributed by atoms with van der Waals surface area (Å²) >= 11 is 0. The molecule has 2 rings (SSSR count). The number of methoxy groups -OCH3 is 1. The van der Waals surface area contributed by atoms with E-state index in [0.29, 0.717) is 30.9 Å². The highest BCUT2D eigenvalue weighted by Gasteiger charge is 2.39. The van der Waals surface area contributed by atoms with E-state index in [1.54, 1.807) is 25.3 Å². The van der Waals surface area contributed by atoms with Gasteiger partial charge in [0.1, 0.15) is 24.0 Å². The second kappa shape index (κ2) is 11.0. The maximum atomic E-state index is 11.8. The number of carbonyl (C=O) groups excluding carboxylic acids is 1. The van der Waals surface area contributed by atoms with Crippen LogP contribution < -0.4 is 4.74 Å². The van der Waals surface area contributed by atoms with Gasteiger partial charge in [-0.1, -0.05) is 19.9 Å². The SMILES string of the molecule is COCCCOc1cc(COCC(O)C2CC(C(C)C)C(=O)O2)ccc1C#N. The number of aliphatic hydroxyl groups is 1. The van der Waals surface area contributed by atoms with Gasteiger partial charge in [0.15, 0.2) is 0 Å². The van der Waals surface area contributed by atoms with Crippen molar-refractivity contribution in [2.45, 2.75) is 45.5 Å². The normalized spacial score (nSPS) is 20.1. The predicted molar refractivity (Wildman–Crippen MR) is 102 cm³/mol. The lowest BCUT2D eigenvalue weighted by Crippen LogP contribution is -2.30. The van der Waals surface area contributed by atoms with Crippen molar-refractivity contribution in [3.63, 3.8) is 0 Å². The molecule has 0 saturated carbocycles. The molecule has 0 spiro atoms. The monoisotopic (exact) mass is 391 g/mol. The van der Waals surface area contributed by atoms with Crippen LogP contribution in [0.15, 0.2) is 18.2 Å². The fraction of sp³-hybridized carbons (Fsp3) is 0.619. The summed E-state index contributed by atoms with van der Waals surface area (Å²) in [4.78, 5) is 11.8. The quantitative estimate of drug-likeness (QED) is 0.457. The number of carbonyl (C=O) groups is 1. The molecule has 28 heavy (non-hydrogen) atoms. The van der Waals surface area contributed by atoms with Crippen molar-refractivity contribution in [2.24, 2.45) is 11.8 Å². The van der Waals surface area contributed by atoms with Crippen molar-refractivity contribution in [3.05, 3.63) is 29.3 Å². The highest BCUT2D eigenvalue weighted by Crippen LogP contribution is 2.29. The Morgan fingerprint density at radius 1 is 1.36 bits per heavy atom. The van der Waals surface area contributed by atoms with Crippen LogP contribution in [-0.2, 0) is 25.6 Å². The third kappa shape index (κ3) is 6.20. The van der Waals surface area contributed by atoms with Crippen LogP contribution in [0.2, 0.25) is 0 Å². The Bertz CT molecular complexity index is 684. The summed E-state index contributed by atoms with van der Waals surface area (Å²) in [5.41, 5.74) is 1.29. The first-order valence-corrected chi connectivity index (χ1v) is 9.57. The van der Waals surface area contributed by atoms with Crippen molar-refractivity contribution in [1.29, 1.82) is 5.26 Å². The Labute approximate surface area is 166 Å². The summed E-state index contributed by atoms with van der Waals surface area (Å²) in [6, 6.07) is 7.35. The van der Waals surface area contributed by atoms with Gasteiger partial charge in [-0.3, -0.25) is 4.79 Å². The van der Waals surface area contributed by atoms with Crippen LogP contribution in [0, 0.1) is 23.2 Å². The molecule has 7 heteroatoms. The topological polar surface area (TPSA) is 98.0 Å². The van der Waals surface area contributed by atoms with E-state index in [1.165, 1.54) is 0 Å². The van der Waals surface area contributed by atoms with E-state index in [2.05, 4.69) is 6.07 Å². The highest BCUT2D eigenvalue weighted by atomic mass is 16.6. The number of ether oxygens (including phenoxy) is 4. The molecule has 0 bridgehead atoms. The minimum absolute atomic E-state index is 0.0623. The van der Waals surface area contributed by atoms with E-state index < -0.39 is 12.2 Å². The summed E-state index contributed by atoms with van der Waals surface area (Å²) in [7, 11) is 1.63. The molecular formula is C21H29NO6. The van der Waals surface area contributed by atoms with Crippen LogP contribution in [0.25, 0.3) is 0 Å². The van der Waals surface area contributed by atoms with Gasteiger partial charge in [-0.2, -0.15) is 5.26 Å². The number of cyclic esters (lactones) is 1. The average molecular weight is 391 g/mol. The average Bonchev–Trinajstić information content (AvgIpc) is 3.07. The van der Waals surface area contributed by atoms with Gasteiger partial charge in [-0.05, 0) is 23.6 Å². The molecule has 1 aliphatic rings. The Balaban J connectivity index is 1.83. The molecule has 0 radical (unpaired) electrons. The van der Waals surface area contributed by atoms with Gasteiger partial charge in [0.05, 0.1) is 31.3 Å². The van der Waals surface area contributed by atoms with E-state index in [4.69, 9.17) is 18.9 Å². The van der Waals surface area contributed by atoms with Crippen molar-refractivity contribution in [2.75, 3.05) is 26.9 Å². The summed E-state index contributed by atoms with van der Waals surface area (Å²) in [6.07, 6.45) is -0.153. The van der Waals surface area contributed by atoms with Crippen molar-refractivity contribution in [1.82, 2.24) is 0 Å². The lowest BCUT2D eigenvalue weighted by molar-refractivity contribution is -0.150. The first kappa shape index (κ1) is 22.2. The number of hydrogen-bond acceptors (Lipinski definition) is 7. The molecule has 3 unspecified atom stereocenters. The van der Waals surface area contributed by atoms with Gasteiger partial charge in [0, 0.05) is 26.6 Å². The second-order valence-corrected chi connectivity index (χ2v) is 7.28.